The van der Waals surface area contributed by atoms with Crippen LogP contribution in [-0.4, -0.2) is 19.2 Å². The zero-order valence-electron chi connectivity index (χ0n) is 12.0. The van der Waals surface area contributed by atoms with Gasteiger partial charge in [0.15, 0.2) is 11.5 Å². The zero-order valence-corrected chi connectivity index (χ0v) is 13.5. The highest BCUT2D eigenvalue weighted by molar-refractivity contribution is 6.32. The van der Waals surface area contributed by atoms with Gasteiger partial charge in [-0.1, -0.05) is 17.7 Å². The van der Waals surface area contributed by atoms with Crippen molar-refractivity contribution in [2.24, 2.45) is 0 Å². The van der Waals surface area contributed by atoms with Crippen molar-refractivity contribution in [3.63, 3.8) is 0 Å². The molecule has 0 spiro atoms. The summed E-state index contributed by atoms with van der Waals surface area (Å²) >= 11 is 6.18. The van der Waals surface area contributed by atoms with Gasteiger partial charge in [0.1, 0.15) is 13.1 Å². The first-order valence-electron chi connectivity index (χ1n) is 6.35. The number of aromatic nitrogens is 1. The normalized spacial score (nSPS) is 9.86. The fourth-order valence-corrected chi connectivity index (χ4v) is 2.32. The number of hydrogen-bond donors (Lipinski definition) is 1. The molecule has 0 saturated heterocycles. The second-order valence-corrected chi connectivity index (χ2v) is 4.78. The molecule has 0 aliphatic carbocycles. The van der Waals surface area contributed by atoms with Crippen molar-refractivity contribution >= 4 is 11.6 Å². The van der Waals surface area contributed by atoms with Gasteiger partial charge in [0.05, 0.1) is 19.2 Å². The molecule has 0 radical (unpaired) electrons. The van der Waals surface area contributed by atoms with Gasteiger partial charge in [0.2, 0.25) is 0 Å². The number of methoxy groups -OCH3 is 2. The van der Waals surface area contributed by atoms with Crippen molar-refractivity contribution < 1.29 is 27.2 Å². The highest BCUT2D eigenvalue weighted by Crippen LogP contribution is 2.35. The Bertz CT molecular complexity index is 565. The van der Waals surface area contributed by atoms with Crippen molar-refractivity contribution in [3.05, 3.63) is 52.8 Å². The number of benzene rings is 1. The van der Waals surface area contributed by atoms with E-state index in [0.29, 0.717) is 16.5 Å². The third-order valence-corrected chi connectivity index (χ3v) is 3.26. The number of quaternary nitrogens is 1. The molecule has 0 aliphatic rings. The molecule has 0 saturated carbocycles. The summed E-state index contributed by atoms with van der Waals surface area (Å²) in [6, 6.07) is 7.86. The van der Waals surface area contributed by atoms with Crippen molar-refractivity contribution in [1.82, 2.24) is 4.98 Å². The highest BCUT2D eigenvalue weighted by Gasteiger charge is 2.11. The molecule has 0 bridgehead atoms. The van der Waals surface area contributed by atoms with Crippen LogP contribution in [0.25, 0.3) is 0 Å². The predicted octanol–water partition coefficient (Wildman–Crippen LogP) is -0.980. The molecular formula is C15H18Cl2N2O2. The minimum atomic E-state index is 0. The Labute approximate surface area is 135 Å². The zero-order chi connectivity index (χ0) is 14.4. The number of rotatable bonds is 6. The van der Waals surface area contributed by atoms with Gasteiger partial charge >= 0.3 is 0 Å². The lowest BCUT2D eigenvalue weighted by Gasteiger charge is -2.11. The van der Waals surface area contributed by atoms with E-state index in [1.807, 2.05) is 24.4 Å². The molecule has 1 heterocycles. The SMILES string of the molecule is COc1cc(C[NH2+]Cc2cccnc2)cc(Cl)c1OC.[Cl-]. The third-order valence-electron chi connectivity index (χ3n) is 2.98. The lowest BCUT2D eigenvalue weighted by Crippen LogP contribution is -3.00. The number of hydrogen-bond acceptors (Lipinski definition) is 3. The van der Waals surface area contributed by atoms with Crippen LogP contribution in [0.3, 0.4) is 0 Å². The highest BCUT2D eigenvalue weighted by atomic mass is 35.5. The number of nitrogens with zero attached hydrogens (tertiary/aromatic N) is 1. The quantitative estimate of drug-likeness (QED) is 0.741. The van der Waals surface area contributed by atoms with Crippen LogP contribution in [0.2, 0.25) is 5.02 Å². The Kier molecular flexibility index (Phi) is 7.29. The summed E-state index contributed by atoms with van der Waals surface area (Å²) in [4.78, 5) is 4.10. The number of nitrogens with two attached hydrogens (primary N) is 1. The molecule has 114 valence electrons. The first-order chi connectivity index (χ1) is 9.74. The summed E-state index contributed by atoms with van der Waals surface area (Å²) in [7, 11) is 3.19. The minimum Gasteiger partial charge on any atom is -1.00 e. The van der Waals surface area contributed by atoms with E-state index in [0.717, 1.165) is 18.7 Å². The van der Waals surface area contributed by atoms with Crippen LogP contribution in [-0.2, 0) is 13.1 Å². The molecule has 21 heavy (non-hydrogen) atoms. The van der Waals surface area contributed by atoms with Crippen molar-refractivity contribution in [1.29, 1.82) is 0 Å². The Morgan fingerprint density at radius 2 is 1.90 bits per heavy atom. The summed E-state index contributed by atoms with van der Waals surface area (Å²) < 4.78 is 10.5. The van der Waals surface area contributed by atoms with Gasteiger partial charge in [0.25, 0.3) is 0 Å². The molecule has 0 unspecified atom stereocenters. The van der Waals surface area contributed by atoms with Gasteiger partial charge in [-0.15, -0.1) is 0 Å². The molecule has 1 aromatic heterocycles. The van der Waals surface area contributed by atoms with Crippen LogP contribution in [0, 0.1) is 0 Å². The largest absolute Gasteiger partial charge is 1.00 e. The first-order valence-corrected chi connectivity index (χ1v) is 6.73. The molecule has 0 atom stereocenters. The van der Waals surface area contributed by atoms with Gasteiger partial charge in [-0.2, -0.15) is 0 Å². The van der Waals surface area contributed by atoms with Crippen molar-refractivity contribution in [3.8, 4) is 11.5 Å². The van der Waals surface area contributed by atoms with Crippen LogP contribution in [0.5, 0.6) is 11.5 Å². The van der Waals surface area contributed by atoms with Gasteiger partial charge in [-0.25, -0.2) is 0 Å². The number of ether oxygens (including phenoxy) is 2. The smallest absolute Gasteiger partial charge is 0.179 e. The maximum Gasteiger partial charge on any atom is 0.179 e. The van der Waals surface area contributed by atoms with E-state index in [-0.39, 0.29) is 12.4 Å². The minimum absolute atomic E-state index is 0. The molecule has 0 amide bonds. The van der Waals surface area contributed by atoms with E-state index in [9.17, 15) is 0 Å². The lowest BCUT2D eigenvalue weighted by atomic mass is 10.2. The molecule has 4 nitrogen and oxygen atoms in total. The lowest BCUT2D eigenvalue weighted by molar-refractivity contribution is -0.686. The summed E-state index contributed by atoms with van der Waals surface area (Å²) in [6.45, 7) is 1.69. The maximum absolute atomic E-state index is 6.18. The Balaban J connectivity index is 0.00000220. The van der Waals surface area contributed by atoms with E-state index in [1.165, 1.54) is 5.56 Å². The summed E-state index contributed by atoms with van der Waals surface area (Å²) in [5, 5.41) is 2.76. The topological polar surface area (TPSA) is 48.0 Å². The summed E-state index contributed by atoms with van der Waals surface area (Å²) in [5.74, 6) is 1.23. The fourth-order valence-electron chi connectivity index (χ4n) is 2.01. The molecule has 1 aromatic carbocycles. The summed E-state index contributed by atoms with van der Waals surface area (Å²) in [6.07, 6.45) is 3.65. The van der Waals surface area contributed by atoms with Gasteiger partial charge in [0, 0.05) is 23.5 Å². The fraction of sp³-hybridized carbons (Fsp3) is 0.267. The van der Waals surface area contributed by atoms with Crippen molar-refractivity contribution in [2.45, 2.75) is 13.1 Å². The van der Waals surface area contributed by atoms with Gasteiger partial charge < -0.3 is 27.2 Å². The van der Waals surface area contributed by atoms with Gasteiger partial charge in [-0.3, -0.25) is 4.98 Å². The van der Waals surface area contributed by atoms with Gasteiger partial charge in [-0.05, 0) is 18.2 Å². The Hall–Kier alpha value is -1.49. The van der Waals surface area contributed by atoms with Crippen LogP contribution < -0.4 is 27.2 Å². The molecule has 2 rings (SSSR count). The molecule has 0 aliphatic heterocycles. The number of pyridine rings is 1. The second-order valence-electron chi connectivity index (χ2n) is 4.37. The Morgan fingerprint density at radius 3 is 2.52 bits per heavy atom. The van der Waals surface area contributed by atoms with Crippen LogP contribution in [0.4, 0.5) is 0 Å². The van der Waals surface area contributed by atoms with Crippen LogP contribution in [0.1, 0.15) is 11.1 Å². The van der Waals surface area contributed by atoms with E-state index >= 15 is 0 Å². The number of halogens is 2. The average Bonchev–Trinajstić information content (AvgIpc) is 2.47. The van der Waals surface area contributed by atoms with E-state index < -0.39 is 0 Å². The third kappa shape index (κ3) is 4.77. The standard InChI is InChI=1S/C15H17ClN2O2.ClH/c1-19-14-7-12(6-13(16)15(14)20-2)10-18-9-11-4-3-5-17-8-11;/h3-8,18H,9-10H2,1-2H3;1H. The Morgan fingerprint density at radius 1 is 1.14 bits per heavy atom. The van der Waals surface area contributed by atoms with E-state index in [4.69, 9.17) is 21.1 Å². The second kappa shape index (κ2) is 8.72. The molecule has 2 N–H and O–H groups in total. The molecule has 2 aromatic rings. The summed E-state index contributed by atoms with van der Waals surface area (Å²) in [5.41, 5.74) is 2.29. The van der Waals surface area contributed by atoms with Crippen LogP contribution in [0.15, 0.2) is 36.7 Å². The molecule has 0 fully saturated rings. The predicted molar refractivity (Wildman–Crippen MR) is 78.1 cm³/mol. The first kappa shape index (κ1) is 17.6. The molecular weight excluding hydrogens is 311 g/mol. The van der Waals surface area contributed by atoms with Crippen molar-refractivity contribution in [2.75, 3.05) is 14.2 Å². The molecule has 6 heteroatoms. The van der Waals surface area contributed by atoms with E-state index in [1.54, 1.807) is 20.4 Å². The monoisotopic (exact) mass is 328 g/mol. The average molecular weight is 329 g/mol. The van der Waals surface area contributed by atoms with Crippen LogP contribution >= 0.6 is 11.6 Å². The maximum atomic E-state index is 6.18. The van der Waals surface area contributed by atoms with E-state index in [2.05, 4.69) is 16.4 Å².